The lowest BCUT2D eigenvalue weighted by Gasteiger charge is -2.08. The molecular weight excluding hydrogens is 295 g/mol. The normalized spacial score (nSPS) is 10.8. The van der Waals surface area contributed by atoms with Crippen LogP contribution in [0.3, 0.4) is 0 Å². The summed E-state index contributed by atoms with van der Waals surface area (Å²) in [5, 5.41) is 5.38. The molecule has 1 heterocycles. The number of benzene rings is 1. The monoisotopic (exact) mass is 310 g/mol. The average molecular weight is 311 g/mol. The topological polar surface area (TPSA) is 34.9 Å². The van der Waals surface area contributed by atoms with Crippen LogP contribution in [0.15, 0.2) is 18.2 Å². The maximum atomic E-state index is 12.4. The third-order valence-electron chi connectivity index (χ3n) is 3.27. The Kier molecular flexibility index (Phi) is 4.51. The molecule has 0 N–H and O–H groups in total. The Hall–Kier alpha value is -1.32. The van der Waals surface area contributed by atoms with E-state index in [1.54, 1.807) is 10.7 Å². The lowest BCUT2D eigenvalue weighted by atomic mass is 10.0. The van der Waals surface area contributed by atoms with Crippen LogP contribution in [0.2, 0.25) is 10.0 Å². The molecule has 0 aliphatic heterocycles. The van der Waals surface area contributed by atoms with E-state index in [9.17, 15) is 4.79 Å². The zero-order valence-electron chi connectivity index (χ0n) is 11.7. The van der Waals surface area contributed by atoms with Crippen LogP contribution in [0.1, 0.15) is 34.2 Å². The quantitative estimate of drug-likeness (QED) is 0.791. The molecule has 0 amide bonds. The second-order valence-corrected chi connectivity index (χ2v) is 5.45. The summed E-state index contributed by atoms with van der Waals surface area (Å²) in [6, 6.07) is 5.45. The van der Waals surface area contributed by atoms with E-state index >= 15 is 0 Å². The van der Waals surface area contributed by atoms with Gasteiger partial charge in [0.05, 0.1) is 27.9 Å². The lowest BCUT2D eigenvalue weighted by Crippen LogP contribution is -2.10. The lowest BCUT2D eigenvalue weighted by molar-refractivity contribution is 0.0990. The van der Waals surface area contributed by atoms with Crippen LogP contribution in [0, 0.1) is 13.8 Å². The van der Waals surface area contributed by atoms with Crippen molar-refractivity contribution in [3.8, 4) is 0 Å². The zero-order valence-corrected chi connectivity index (χ0v) is 13.2. The summed E-state index contributed by atoms with van der Waals surface area (Å²) in [5.41, 5.74) is 2.91. The van der Waals surface area contributed by atoms with Gasteiger partial charge >= 0.3 is 0 Å². The molecular formula is C15H16Cl2N2O. The molecule has 0 atom stereocenters. The molecule has 0 fully saturated rings. The molecule has 0 saturated carbocycles. The Balaban J connectivity index is 2.35. The number of Topliss-reactive ketones (excluding diaryl/α,β-unsaturated/α-hetero) is 1. The molecule has 5 heteroatoms. The minimum Gasteiger partial charge on any atom is -0.294 e. The first-order valence-electron chi connectivity index (χ1n) is 6.45. The Bertz CT molecular complexity index is 662. The number of nitrogens with zero attached hydrogens (tertiary/aromatic N) is 2. The molecule has 0 bridgehead atoms. The summed E-state index contributed by atoms with van der Waals surface area (Å²) in [5.74, 6) is -0.0461. The summed E-state index contributed by atoms with van der Waals surface area (Å²) < 4.78 is 1.76. The molecule has 106 valence electrons. The van der Waals surface area contributed by atoms with Crippen molar-refractivity contribution in [2.75, 3.05) is 0 Å². The van der Waals surface area contributed by atoms with Crippen LogP contribution < -0.4 is 0 Å². The van der Waals surface area contributed by atoms with Crippen LogP contribution >= 0.6 is 23.2 Å². The van der Waals surface area contributed by atoms with Gasteiger partial charge in [-0.3, -0.25) is 9.48 Å². The third-order valence-corrected chi connectivity index (χ3v) is 4.27. The molecule has 2 rings (SSSR count). The summed E-state index contributed by atoms with van der Waals surface area (Å²) >= 11 is 12.4. The largest absolute Gasteiger partial charge is 0.294 e. The van der Waals surface area contributed by atoms with Crippen molar-refractivity contribution in [3.05, 3.63) is 50.8 Å². The minimum absolute atomic E-state index is 0.0461. The van der Waals surface area contributed by atoms with Crippen LogP contribution in [-0.4, -0.2) is 15.6 Å². The predicted molar refractivity (Wildman–Crippen MR) is 81.9 cm³/mol. The van der Waals surface area contributed by atoms with Gasteiger partial charge in [0.15, 0.2) is 5.78 Å². The highest BCUT2D eigenvalue weighted by atomic mass is 35.5. The number of carbonyl (C=O) groups is 1. The standard InChI is InChI=1S/C15H16Cl2N2O/c1-4-19-12(15(17)10(3)18-19)8-13(20)11-7-5-6-9(2)14(11)16/h5-7H,4,8H2,1-3H3. The molecule has 0 unspecified atom stereocenters. The van der Waals surface area contributed by atoms with Crippen molar-refractivity contribution >= 4 is 29.0 Å². The minimum atomic E-state index is -0.0461. The fourth-order valence-electron chi connectivity index (χ4n) is 2.15. The van der Waals surface area contributed by atoms with Crippen molar-refractivity contribution in [3.63, 3.8) is 0 Å². The molecule has 0 spiro atoms. The van der Waals surface area contributed by atoms with Crippen molar-refractivity contribution in [2.24, 2.45) is 0 Å². The number of hydrogen-bond donors (Lipinski definition) is 0. The van der Waals surface area contributed by atoms with Crippen LogP contribution in [0.25, 0.3) is 0 Å². The van der Waals surface area contributed by atoms with E-state index < -0.39 is 0 Å². The molecule has 3 nitrogen and oxygen atoms in total. The molecule has 0 aliphatic rings. The first-order valence-corrected chi connectivity index (χ1v) is 7.21. The van der Waals surface area contributed by atoms with Crippen molar-refractivity contribution in [1.82, 2.24) is 9.78 Å². The van der Waals surface area contributed by atoms with Gasteiger partial charge in [-0.05, 0) is 32.4 Å². The number of rotatable bonds is 4. The van der Waals surface area contributed by atoms with E-state index in [0.717, 1.165) is 17.0 Å². The van der Waals surface area contributed by atoms with Gasteiger partial charge in [-0.25, -0.2) is 0 Å². The average Bonchev–Trinajstić information content (AvgIpc) is 2.69. The zero-order chi connectivity index (χ0) is 14.9. The Morgan fingerprint density at radius 2 is 1.95 bits per heavy atom. The number of carbonyl (C=O) groups excluding carboxylic acids is 1. The molecule has 0 aliphatic carbocycles. The predicted octanol–water partition coefficient (Wildman–Crippen LogP) is 4.25. The molecule has 1 aromatic carbocycles. The van der Waals surface area contributed by atoms with Gasteiger partial charge in [-0.15, -0.1) is 0 Å². The number of aryl methyl sites for hydroxylation is 3. The first kappa shape index (κ1) is 15.1. The van der Waals surface area contributed by atoms with Gasteiger partial charge in [-0.1, -0.05) is 35.3 Å². The molecule has 0 saturated heterocycles. The molecule has 2 aromatic rings. The maximum absolute atomic E-state index is 12.4. The van der Waals surface area contributed by atoms with Gasteiger partial charge in [-0.2, -0.15) is 5.10 Å². The van der Waals surface area contributed by atoms with E-state index in [1.165, 1.54) is 0 Å². The van der Waals surface area contributed by atoms with E-state index in [1.807, 2.05) is 32.9 Å². The Morgan fingerprint density at radius 3 is 2.60 bits per heavy atom. The highest BCUT2D eigenvalue weighted by Crippen LogP contribution is 2.25. The summed E-state index contributed by atoms with van der Waals surface area (Å²) in [6.45, 7) is 6.36. The highest BCUT2D eigenvalue weighted by molar-refractivity contribution is 6.35. The summed E-state index contributed by atoms with van der Waals surface area (Å²) in [4.78, 5) is 12.4. The maximum Gasteiger partial charge on any atom is 0.170 e. The summed E-state index contributed by atoms with van der Waals surface area (Å²) in [7, 11) is 0. The van der Waals surface area contributed by atoms with Gasteiger partial charge in [0.2, 0.25) is 0 Å². The van der Waals surface area contributed by atoms with E-state index in [-0.39, 0.29) is 12.2 Å². The number of ketones is 1. The van der Waals surface area contributed by atoms with E-state index in [4.69, 9.17) is 23.2 Å². The van der Waals surface area contributed by atoms with Gasteiger partial charge in [0.1, 0.15) is 0 Å². The van der Waals surface area contributed by atoms with E-state index in [0.29, 0.717) is 22.2 Å². The first-order chi connectivity index (χ1) is 9.45. The number of halogens is 2. The van der Waals surface area contributed by atoms with Crippen molar-refractivity contribution in [2.45, 2.75) is 33.7 Å². The van der Waals surface area contributed by atoms with Gasteiger partial charge in [0.25, 0.3) is 0 Å². The Morgan fingerprint density at radius 1 is 1.25 bits per heavy atom. The fraction of sp³-hybridized carbons (Fsp3) is 0.333. The SMILES string of the molecule is CCn1nc(C)c(Cl)c1CC(=O)c1cccc(C)c1Cl. The van der Waals surface area contributed by atoms with Gasteiger partial charge in [0, 0.05) is 12.1 Å². The second-order valence-electron chi connectivity index (χ2n) is 4.70. The second kappa shape index (κ2) is 5.98. The summed E-state index contributed by atoms with van der Waals surface area (Å²) in [6.07, 6.45) is 0.205. The van der Waals surface area contributed by atoms with Crippen molar-refractivity contribution < 1.29 is 4.79 Å². The Labute approximate surface area is 128 Å². The van der Waals surface area contributed by atoms with Crippen LogP contribution in [-0.2, 0) is 13.0 Å². The third kappa shape index (κ3) is 2.74. The smallest absolute Gasteiger partial charge is 0.170 e. The van der Waals surface area contributed by atoms with E-state index in [2.05, 4.69) is 5.10 Å². The molecule has 1 aromatic heterocycles. The van der Waals surface area contributed by atoms with Crippen molar-refractivity contribution in [1.29, 1.82) is 0 Å². The van der Waals surface area contributed by atoms with Crippen LogP contribution in [0.4, 0.5) is 0 Å². The van der Waals surface area contributed by atoms with Crippen LogP contribution in [0.5, 0.6) is 0 Å². The molecule has 20 heavy (non-hydrogen) atoms. The number of aromatic nitrogens is 2. The highest BCUT2D eigenvalue weighted by Gasteiger charge is 2.19. The van der Waals surface area contributed by atoms with Gasteiger partial charge < -0.3 is 0 Å². The molecule has 0 radical (unpaired) electrons. The number of hydrogen-bond acceptors (Lipinski definition) is 2. The fourth-order valence-corrected chi connectivity index (χ4v) is 2.58.